The van der Waals surface area contributed by atoms with E-state index in [0.717, 1.165) is 10.9 Å². The number of carbonyl (C=O) groups is 1. The highest BCUT2D eigenvalue weighted by Crippen LogP contribution is 2.38. The highest BCUT2D eigenvalue weighted by Gasteiger charge is 2.20. The van der Waals surface area contributed by atoms with Crippen LogP contribution >= 0.6 is 0 Å². The summed E-state index contributed by atoms with van der Waals surface area (Å²) in [5, 5.41) is 0.908. The average Bonchev–Trinajstić information content (AvgIpc) is 2.72. The molecule has 0 atom stereocenters. The van der Waals surface area contributed by atoms with Crippen molar-refractivity contribution >= 4 is 16.8 Å². The van der Waals surface area contributed by atoms with Gasteiger partial charge in [0, 0.05) is 23.7 Å². The predicted octanol–water partition coefficient (Wildman–Crippen LogP) is 2.83. The van der Waals surface area contributed by atoms with E-state index in [4.69, 9.17) is 14.2 Å². The first-order valence-electron chi connectivity index (χ1n) is 8.65. The molecule has 0 spiro atoms. The molecule has 0 radical (unpaired) electrons. The molecule has 2 aromatic carbocycles. The normalized spacial score (nSPS) is 10.6. The first-order chi connectivity index (χ1) is 13.5. The lowest BCUT2D eigenvalue weighted by Crippen LogP contribution is -2.29. The van der Waals surface area contributed by atoms with Gasteiger partial charge in [-0.3, -0.25) is 9.59 Å². The molecule has 1 N–H and O–H groups in total. The lowest BCUT2D eigenvalue weighted by molar-refractivity contribution is 0.0784. The van der Waals surface area contributed by atoms with Crippen molar-refractivity contribution in [3.05, 3.63) is 63.9 Å². The Hall–Kier alpha value is -3.48. The maximum absolute atomic E-state index is 12.9. The Morgan fingerprint density at radius 2 is 1.64 bits per heavy atom. The molecule has 0 bridgehead atoms. The van der Waals surface area contributed by atoms with Gasteiger partial charge in [0.2, 0.25) is 5.75 Å². The number of carbonyl (C=O) groups excluding carboxylic acids is 1. The molecule has 28 heavy (non-hydrogen) atoms. The number of fused-ring (bicyclic) bond motifs is 1. The van der Waals surface area contributed by atoms with Gasteiger partial charge < -0.3 is 24.1 Å². The second-order valence-electron chi connectivity index (χ2n) is 6.29. The van der Waals surface area contributed by atoms with Crippen LogP contribution in [-0.4, -0.2) is 44.2 Å². The van der Waals surface area contributed by atoms with E-state index < -0.39 is 0 Å². The summed E-state index contributed by atoms with van der Waals surface area (Å²) < 4.78 is 15.9. The van der Waals surface area contributed by atoms with Crippen LogP contribution in [0.15, 0.2) is 47.3 Å². The molecular weight excluding hydrogens is 360 g/mol. The minimum atomic E-state index is -0.271. The fraction of sp³-hybridized carbons (Fsp3) is 0.238. The summed E-state index contributed by atoms with van der Waals surface area (Å²) in [6.45, 7) is 0.162. The summed E-state index contributed by atoms with van der Waals surface area (Å²) in [6, 6.07) is 12.5. The van der Waals surface area contributed by atoms with Crippen LogP contribution in [-0.2, 0) is 6.54 Å². The van der Waals surface area contributed by atoms with Gasteiger partial charge in [-0.05, 0) is 29.7 Å². The van der Waals surface area contributed by atoms with Gasteiger partial charge >= 0.3 is 0 Å². The molecule has 7 heteroatoms. The minimum Gasteiger partial charge on any atom is -0.493 e. The Balaban J connectivity index is 1.91. The number of hydrogen-bond donors (Lipinski definition) is 1. The number of ether oxygens (including phenoxy) is 3. The number of amides is 1. The summed E-state index contributed by atoms with van der Waals surface area (Å²) in [5.74, 6) is 0.922. The van der Waals surface area contributed by atoms with E-state index >= 15 is 0 Å². The molecule has 1 amide bonds. The van der Waals surface area contributed by atoms with Gasteiger partial charge in [0.05, 0.1) is 27.9 Å². The first-order valence-corrected chi connectivity index (χ1v) is 8.65. The molecule has 146 valence electrons. The minimum absolute atomic E-state index is 0.162. The van der Waals surface area contributed by atoms with Gasteiger partial charge in [0.25, 0.3) is 11.5 Å². The maximum atomic E-state index is 12.9. The molecule has 3 aromatic rings. The van der Waals surface area contributed by atoms with Crippen molar-refractivity contribution in [3.8, 4) is 17.2 Å². The van der Waals surface area contributed by atoms with Crippen molar-refractivity contribution in [1.29, 1.82) is 0 Å². The number of benzene rings is 2. The van der Waals surface area contributed by atoms with Crippen LogP contribution in [0.3, 0.4) is 0 Å². The van der Waals surface area contributed by atoms with Gasteiger partial charge in [0.15, 0.2) is 11.5 Å². The largest absolute Gasteiger partial charge is 0.493 e. The van der Waals surface area contributed by atoms with Crippen molar-refractivity contribution in [2.24, 2.45) is 0 Å². The van der Waals surface area contributed by atoms with E-state index in [-0.39, 0.29) is 18.0 Å². The number of aromatic amines is 1. The van der Waals surface area contributed by atoms with Gasteiger partial charge in [-0.25, -0.2) is 0 Å². The molecule has 0 unspecified atom stereocenters. The quantitative estimate of drug-likeness (QED) is 0.709. The Labute approximate surface area is 162 Å². The summed E-state index contributed by atoms with van der Waals surface area (Å²) in [7, 11) is 6.12. The van der Waals surface area contributed by atoms with Crippen molar-refractivity contribution in [2.45, 2.75) is 6.54 Å². The number of H-pyrrole nitrogens is 1. The number of para-hydroxylation sites is 1. The summed E-state index contributed by atoms with van der Waals surface area (Å²) in [5.41, 5.74) is 1.41. The van der Waals surface area contributed by atoms with Crippen LogP contribution in [0.2, 0.25) is 0 Å². The highest BCUT2D eigenvalue weighted by molar-refractivity contribution is 5.95. The molecule has 1 heterocycles. The lowest BCUT2D eigenvalue weighted by Gasteiger charge is -2.19. The van der Waals surface area contributed by atoms with E-state index in [1.807, 2.05) is 24.3 Å². The fourth-order valence-electron chi connectivity index (χ4n) is 3.06. The number of pyridine rings is 1. The SMILES string of the molecule is COc1cc(C(=O)N(C)Cc2cc3ccccc3[nH]c2=O)cc(OC)c1OC. The number of nitrogens with one attached hydrogen (secondary N) is 1. The third kappa shape index (κ3) is 3.64. The zero-order valence-corrected chi connectivity index (χ0v) is 16.2. The zero-order valence-electron chi connectivity index (χ0n) is 16.2. The van der Waals surface area contributed by atoms with Crippen molar-refractivity contribution in [3.63, 3.8) is 0 Å². The van der Waals surface area contributed by atoms with Gasteiger partial charge in [-0.1, -0.05) is 18.2 Å². The molecule has 3 rings (SSSR count). The number of methoxy groups -OCH3 is 3. The smallest absolute Gasteiger partial charge is 0.254 e. The van der Waals surface area contributed by atoms with Crippen LogP contribution in [0.1, 0.15) is 15.9 Å². The first kappa shape index (κ1) is 19.3. The average molecular weight is 382 g/mol. The summed E-state index contributed by atoms with van der Waals surface area (Å²) in [4.78, 5) is 29.6. The summed E-state index contributed by atoms with van der Waals surface area (Å²) >= 11 is 0. The molecule has 0 fully saturated rings. The molecule has 0 aliphatic heterocycles. The van der Waals surface area contributed by atoms with Crippen LogP contribution in [0, 0.1) is 0 Å². The molecule has 0 aliphatic rings. The van der Waals surface area contributed by atoms with E-state index in [1.54, 1.807) is 25.2 Å². The Morgan fingerprint density at radius 3 is 2.25 bits per heavy atom. The van der Waals surface area contributed by atoms with Crippen LogP contribution in [0.5, 0.6) is 17.2 Å². The van der Waals surface area contributed by atoms with Crippen molar-refractivity contribution in [1.82, 2.24) is 9.88 Å². The van der Waals surface area contributed by atoms with Gasteiger partial charge in [-0.2, -0.15) is 0 Å². The number of hydrogen-bond acceptors (Lipinski definition) is 5. The van der Waals surface area contributed by atoms with Gasteiger partial charge in [-0.15, -0.1) is 0 Å². The molecule has 0 aliphatic carbocycles. The number of aromatic nitrogens is 1. The topological polar surface area (TPSA) is 80.9 Å². The van der Waals surface area contributed by atoms with E-state index in [2.05, 4.69) is 4.98 Å². The van der Waals surface area contributed by atoms with E-state index in [0.29, 0.717) is 28.4 Å². The van der Waals surface area contributed by atoms with Crippen LogP contribution in [0.4, 0.5) is 0 Å². The van der Waals surface area contributed by atoms with Crippen LogP contribution < -0.4 is 19.8 Å². The standard InChI is InChI=1S/C21H22N2O5/c1-23(12-15-9-13-7-5-6-8-16(13)22-20(15)24)21(25)14-10-17(26-2)19(28-4)18(11-14)27-3/h5-11H,12H2,1-4H3,(H,22,24). The third-order valence-corrected chi connectivity index (χ3v) is 4.50. The predicted molar refractivity (Wildman–Crippen MR) is 106 cm³/mol. The summed E-state index contributed by atoms with van der Waals surface area (Å²) in [6.07, 6.45) is 0. The lowest BCUT2D eigenvalue weighted by atomic mass is 10.1. The second kappa shape index (κ2) is 8.04. The van der Waals surface area contributed by atoms with E-state index in [9.17, 15) is 9.59 Å². The number of rotatable bonds is 6. The Bertz CT molecular complexity index is 1050. The maximum Gasteiger partial charge on any atom is 0.254 e. The second-order valence-corrected chi connectivity index (χ2v) is 6.29. The Morgan fingerprint density at radius 1 is 1.00 bits per heavy atom. The van der Waals surface area contributed by atoms with Crippen LogP contribution in [0.25, 0.3) is 10.9 Å². The monoisotopic (exact) mass is 382 g/mol. The molecule has 1 aromatic heterocycles. The fourth-order valence-corrected chi connectivity index (χ4v) is 3.06. The zero-order chi connectivity index (χ0) is 20.3. The highest BCUT2D eigenvalue weighted by atomic mass is 16.5. The molecular formula is C21H22N2O5. The van der Waals surface area contributed by atoms with E-state index in [1.165, 1.54) is 26.2 Å². The number of nitrogens with zero attached hydrogens (tertiary/aromatic N) is 1. The third-order valence-electron chi connectivity index (χ3n) is 4.50. The molecule has 7 nitrogen and oxygen atoms in total. The van der Waals surface area contributed by atoms with Gasteiger partial charge in [0.1, 0.15) is 0 Å². The van der Waals surface area contributed by atoms with Crippen molar-refractivity contribution in [2.75, 3.05) is 28.4 Å². The molecule has 0 saturated heterocycles. The molecule has 0 saturated carbocycles. The van der Waals surface area contributed by atoms with Crippen molar-refractivity contribution < 1.29 is 19.0 Å². The Kier molecular flexibility index (Phi) is 5.54.